The number of nitrogens with one attached hydrogen (secondary N) is 1. The molecule has 0 aromatic heterocycles. The minimum absolute atomic E-state index is 0.0945. The number of hydrogen-bond acceptors (Lipinski definition) is 3. The van der Waals surface area contributed by atoms with Crippen LogP contribution in [0, 0.1) is 13.8 Å². The Hall–Kier alpha value is -2.82. The molecule has 0 aliphatic heterocycles. The Morgan fingerprint density at radius 1 is 1.06 bits per heavy atom. The van der Waals surface area contributed by atoms with Gasteiger partial charge in [-0.2, -0.15) is 0 Å². The summed E-state index contributed by atoms with van der Waals surface area (Å²) >= 11 is 0. The fourth-order valence-corrected chi connectivity index (χ4v) is 4.02. The molecule has 5 heteroatoms. The molecule has 1 atom stereocenters. The zero-order valence-electron chi connectivity index (χ0n) is 18.9. The predicted molar refractivity (Wildman–Crippen MR) is 123 cm³/mol. The van der Waals surface area contributed by atoms with Crippen molar-refractivity contribution in [1.82, 2.24) is 10.2 Å². The Morgan fingerprint density at radius 2 is 1.77 bits per heavy atom. The Kier molecular flexibility index (Phi) is 8.10. The highest BCUT2D eigenvalue weighted by Crippen LogP contribution is 2.20. The SMILES string of the molecule is Cc1ccc(C)c(OCC(=O)N(Cc2ccccc2)C(C)C(=O)NC2CCCCC2)c1. The molecule has 1 unspecified atom stereocenters. The van der Waals surface area contributed by atoms with E-state index in [0.29, 0.717) is 12.3 Å². The van der Waals surface area contributed by atoms with Gasteiger partial charge in [0.2, 0.25) is 5.91 Å². The van der Waals surface area contributed by atoms with Gasteiger partial charge in [-0.25, -0.2) is 0 Å². The summed E-state index contributed by atoms with van der Waals surface area (Å²) in [6, 6.07) is 15.3. The molecular weight excluding hydrogens is 388 g/mol. The van der Waals surface area contributed by atoms with E-state index in [1.54, 1.807) is 11.8 Å². The van der Waals surface area contributed by atoms with E-state index < -0.39 is 6.04 Å². The Bertz CT molecular complexity index is 875. The lowest BCUT2D eigenvalue weighted by Crippen LogP contribution is -2.51. The van der Waals surface area contributed by atoms with Gasteiger partial charge in [0.1, 0.15) is 11.8 Å². The minimum atomic E-state index is -0.572. The summed E-state index contributed by atoms with van der Waals surface area (Å²) < 4.78 is 5.86. The summed E-state index contributed by atoms with van der Waals surface area (Å²) in [6.07, 6.45) is 5.56. The van der Waals surface area contributed by atoms with Gasteiger partial charge in [-0.15, -0.1) is 0 Å². The quantitative estimate of drug-likeness (QED) is 0.679. The van der Waals surface area contributed by atoms with Gasteiger partial charge in [-0.05, 0) is 56.4 Å². The van der Waals surface area contributed by atoms with Gasteiger partial charge in [0.05, 0.1) is 0 Å². The Morgan fingerprint density at radius 3 is 2.48 bits per heavy atom. The third kappa shape index (κ3) is 6.58. The Labute approximate surface area is 185 Å². The summed E-state index contributed by atoms with van der Waals surface area (Å²) in [7, 11) is 0. The smallest absolute Gasteiger partial charge is 0.261 e. The van der Waals surface area contributed by atoms with E-state index in [1.807, 2.05) is 62.4 Å². The molecule has 1 aliphatic rings. The molecule has 3 rings (SSSR count). The lowest BCUT2D eigenvalue weighted by atomic mass is 9.95. The average molecular weight is 423 g/mol. The number of benzene rings is 2. The van der Waals surface area contributed by atoms with E-state index in [9.17, 15) is 9.59 Å². The van der Waals surface area contributed by atoms with E-state index >= 15 is 0 Å². The zero-order valence-corrected chi connectivity index (χ0v) is 18.9. The van der Waals surface area contributed by atoms with Crippen LogP contribution >= 0.6 is 0 Å². The fourth-order valence-electron chi connectivity index (χ4n) is 4.02. The van der Waals surface area contributed by atoms with Crippen molar-refractivity contribution in [3.05, 3.63) is 65.2 Å². The van der Waals surface area contributed by atoms with Gasteiger partial charge >= 0.3 is 0 Å². The van der Waals surface area contributed by atoms with E-state index in [2.05, 4.69) is 5.32 Å². The second kappa shape index (κ2) is 11.0. The maximum Gasteiger partial charge on any atom is 0.261 e. The first-order valence-corrected chi connectivity index (χ1v) is 11.3. The summed E-state index contributed by atoms with van der Waals surface area (Å²) in [6.45, 7) is 6.03. The predicted octanol–water partition coefficient (Wildman–Crippen LogP) is 4.55. The van der Waals surface area contributed by atoms with Crippen LogP contribution in [-0.2, 0) is 16.1 Å². The standard InChI is InChI=1S/C26H34N2O3/c1-19-14-15-20(2)24(16-19)31-18-25(29)28(17-22-10-6-4-7-11-22)21(3)26(30)27-23-12-8-5-9-13-23/h4,6-7,10-11,14-16,21,23H,5,8-9,12-13,17-18H2,1-3H3,(H,27,30). The molecule has 1 aliphatic carbocycles. The van der Waals surface area contributed by atoms with Crippen LogP contribution in [-0.4, -0.2) is 35.4 Å². The van der Waals surface area contributed by atoms with Crippen LogP contribution in [0.1, 0.15) is 55.7 Å². The molecule has 0 spiro atoms. The molecule has 0 bridgehead atoms. The van der Waals surface area contributed by atoms with Crippen LogP contribution in [0.3, 0.4) is 0 Å². The average Bonchev–Trinajstić information content (AvgIpc) is 2.78. The van der Waals surface area contributed by atoms with Crippen molar-refractivity contribution in [2.24, 2.45) is 0 Å². The lowest BCUT2D eigenvalue weighted by molar-refractivity contribution is -0.142. The molecule has 0 radical (unpaired) electrons. The lowest BCUT2D eigenvalue weighted by Gasteiger charge is -2.31. The van der Waals surface area contributed by atoms with Crippen molar-refractivity contribution in [3.63, 3.8) is 0 Å². The molecule has 0 heterocycles. The molecule has 0 saturated heterocycles. The highest BCUT2D eigenvalue weighted by Gasteiger charge is 2.28. The number of carbonyl (C=O) groups is 2. The monoisotopic (exact) mass is 422 g/mol. The molecule has 166 valence electrons. The van der Waals surface area contributed by atoms with Crippen LogP contribution in [0.5, 0.6) is 5.75 Å². The van der Waals surface area contributed by atoms with Crippen LogP contribution < -0.4 is 10.1 Å². The number of carbonyl (C=O) groups excluding carboxylic acids is 2. The molecule has 1 fully saturated rings. The third-order valence-electron chi connectivity index (χ3n) is 6.01. The molecule has 1 N–H and O–H groups in total. The van der Waals surface area contributed by atoms with Crippen molar-refractivity contribution >= 4 is 11.8 Å². The molecule has 2 amide bonds. The highest BCUT2D eigenvalue weighted by molar-refractivity contribution is 5.88. The van der Waals surface area contributed by atoms with Crippen LogP contribution in [0.15, 0.2) is 48.5 Å². The van der Waals surface area contributed by atoms with Gasteiger partial charge in [-0.1, -0.05) is 61.7 Å². The first-order valence-electron chi connectivity index (χ1n) is 11.3. The van der Waals surface area contributed by atoms with Gasteiger partial charge in [0.25, 0.3) is 5.91 Å². The van der Waals surface area contributed by atoms with Gasteiger partial charge < -0.3 is 15.0 Å². The molecular formula is C26H34N2O3. The number of rotatable bonds is 8. The fraction of sp³-hybridized carbons (Fsp3) is 0.462. The maximum atomic E-state index is 13.2. The molecule has 1 saturated carbocycles. The second-order valence-electron chi connectivity index (χ2n) is 8.58. The summed E-state index contributed by atoms with van der Waals surface area (Å²) in [4.78, 5) is 27.8. The maximum absolute atomic E-state index is 13.2. The largest absolute Gasteiger partial charge is 0.483 e. The second-order valence-corrected chi connectivity index (χ2v) is 8.58. The van der Waals surface area contributed by atoms with Crippen LogP contribution in [0.4, 0.5) is 0 Å². The molecule has 2 aromatic rings. The van der Waals surface area contributed by atoms with E-state index in [-0.39, 0.29) is 24.5 Å². The van der Waals surface area contributed by atoms with Crippen molar-refractivity contribution in [1.29, 1.82) is 0 Å². The highest BCUT2D eigenvalue weighted by atomic mass is 16.5. The number of hydrogen-bond donors (Lipinski definition) is 1. The summed E-state index contributed by atoms with van der Waals surface area (Å²) in [5.74, 6) is 0.409. The van der Waals surface area contributed by atoms with Gasteiger partial charge in [-0.3, -0.25) is 9.59 Å². The van der Waals surface area contributed by atoms with Crippen molar-refractivity contribution in [2.45, 2.75) is 71.5 Å². The van der Waals surface area contributed by atoms with Gasteiger partial charge in [0.15, 0.2) is 6.61 Å². The van der Waals surface area contributed by atoms with Crippen molar-refractivity contribution in [2.75, 3.05) is 6.61 Å². The first kappa shape index (κ1) is 22.9. The van der Waals surface area contributed by atoms with Crippen molar-refractivity contribution in [3.8, 4) is 5.75 Å². The van der Waals surface area contributed by atoms with E-state index in [0.717, 1.165) is 42.4 Å². The van der Waals surface area contributed by atoms with Crippen LogP contribution in [0.2, 0.25) is 0 Å². The van der Waals surface area contributed by atoms with Gasteiger partial charge in [0, 0.05) is 12.6 Å². The van der Waals surface area contributed by atoms with Crippen LogP contribution in [0.25, 0.3) is 0 Å². The first-order chi connectivity index (χ1) is 14.9. The number of aryl methyl sites for hydroxylation is 2. The third-order valence-corrected chi connectivity index (χ3v) is 6.01. The summed E-state index contributed by atoms with van der Waals surface area (Å²) in [5.41, 5.74) is 3.05. The molecule has 2 aromatic carbocycles. The van der Waals surface area contributed by atoms with E-state index in [4.69, 9.17) is 4.74 Å². The van der Waals surface area contributed by atoms with Crippen molar-refractivity contribution < 1.29 is 14.3 Å². The topological polar surface area (TPSA) is 58.6 Å². The number of nitrogens with zero attached hydrogens (tertiary/aromatic N) is 1. The number of amides is 2. The normalized spacial score (nSPS) is 15.2. The summed E-state index contributed by atoms with van der Waals surface area (Å²) in [5, 5.41) is 3.16. The minimum Gasteiger partial charge on any atom is -0.483 e. The molecule has 31 heavy (non-hydrogen) atoms. The molecule has 5 nitrogen and oxygen atoms in total. The van der Waals surface area contributed by atoms with E-state index in [1.165, 1.54) is 6.42 Å². The Balaban J connectivity index is 1.70. The number of ether oxygens (including phenoxy) is 1. The zero-order chi connectivity index (χ0) is 22.2.